The van der Waals surface area contributed by atoms with Gasteiger partial charge in [0.05, 0.1) is 6.42 Å². The van der Waals surface area contributed by atoms with Crippen molar-refractivity contribution in [2.45, 2.75) is 69.6 Å². The highest BCUT2D eigenvalue weighted by Gasteiger charge is 2.45. The van der Waals surface area contributed by atoms with Crippen LogP contribution in [0.25, 0.3) is 0 Å². The Balaban J connectivity index is 2.07. The molecule has 1 saturated carbocycles. The van der Waals surface area contributed by atoms with Gasteiger partial charge in [0.1, 0.15) is 0 Å². The van der Waals surface area contributed by atoms with Gasteiger partial charge in [0.2, 0.25) is 0 Å². The molecule has 1 aliphatic carbocycles. The van der Waals surface area contributed by atoms with Crippen molar-refractivity contribution >= 4 is 0 Å². The van der Waals surface area contributed by atoms with E-state index in [0.717, 1.165) is 32.2 Å². The van der Waals surface area contributed by atoms with Gasteiger partial charge in [0, 0.05) is 30.7 Å². The van der Waals surface area contributed by atoms with Crippen LogP contribution in [0.5, 0.6) is 0 Å². The van der Waals surface area contributed by atoms with Crippen molar-refractivity contribution in [3.8, 4) is 0 Å². The van der Waals surface area contributed by atoms with Crippen molar-refractivity contribution in [2.24, 2.45) is 0 Å². The monoisotopic (exact) mass is 278 g/mol. The molecular formula is C14H25F3N2. The molecular weight excluding hydrogens is 253 g/mol. The Kier molecular flexibility index (Phi) is 4.17. The molecule has 0 amide bonds. The highest BCUT2D eigenvalue weighted by molar-refractivity contribution is 5.03. The molecule has 2 nitrogen and oxygen atoms in total. The van der Waals surface area contributed by atoms with Crippen LogP contribution >= 0.6 is 0 Å². The van der Waals surface area contributed by atoms with Crippen LogP contribution in [0.3, 0.4) is 0 Å². The minimum absolute atomic E-state index is 0.0288. The van der Waals surface area contributed by atoms with E-state index in [1.807, 2.05) is 0 Å². The van der Waals surface area contributed by atoms with Crippen LogP contribution in [0.1, 0.15) is 52.4 Å². The summed E-state index contributed by atoms with van der Waals surface area (Å²) in [5, 5.41) is 3.52. The molecule has 2 fully saturated rings. The zero-order valence-electron chi connectivity index (χ0n) is 11.9. The van der Waals surface area contributed by atoms with Crippen LogP contribution in [0.4, 0.5) is 13.2 Å². The van der Waals surface area contributed by atoms with Crippen LogP contribution in [0.2, 0.25) is 0 Å². The van der Waals surface area contributed by atoms with Gasteiger partial charge in [0.25, 0.3) is 0 Å². The standard InChI is InChI=1S/C14H25F3N2/c1-12(2)11-19(9-8-14(15,16)17)13(10-18-12)6-4-3-5-7-13/h18H,3-11H2,1-2H3. The van der Waals surface area contributed by atoms with Crippen LogP contribution in [0.15, 0.2) is 0 Å². The van der Waals surface area contributed by atoms with Crippen molar-refractivity contribution in [1.82, 2.24) is 10.2 Å². The zero-order chi connectivity index (χ0) is 14.1. The lowest BCUT2D eigenvalue weighted by Crippen LogP contribution is -2.68. The molecule has 0 aromatic heterocycles. The van der Waals surface area contributed by atoms with Crippen LogP contribution < -0.4 is 5.32 Å². The van der Waals surface area contributed by atoms with Gasteiger partial charge in [-0.1, -0.05) is 19.3 Å². The molecule has 0 aromatic carbocycles. The Bertz CT molecular complexity index is 306. The molecule has 1 heterocycles. The Hall–Kier alpha value is -0.290. The van der Waals surface area contributed by atoms with E-state index in [2.05, 4.69) is 24.1 Å². The summed E-state index contributed by atoms with van der Waals surface area (Å²) in [6, 6.07) is 0. The van der Waals surface area contributed by atoms with Crippen LogP contribution in [0, 0.1) is 0 Å². The van der Waals surface area contributed by atoms with Crippen molar-refractivity contribution < 1.29 is 13.2 Å². The first-order valence-electron chi connectivity index (χ1n) is 7.29. The number of alkyl halides is 3. The third-order valence-corrected chi connectivity index (χ3v) is 4.60. The first-order chi connectivity index (χ1) is 8.73. The Morgan fingerprint density at radius 1 is 1.11 bits per heavy atom. The molecule has 112 valence electrons. The normalized spacial score (nSPS) is 27.6. The summed E-state index contributed by atoms with van der Waals surface area (Å²) in [4.78, 5) is 2.12. The SMILES string of the molecule is CC1(C)CN(CCC(F)(F)F)C2(CCCCC2)CN1. The molecule has 0 unspecified atom stereocenters. The molecule has 19 heavy (non-hydrogen) atoms. The maximum Gasteiger partial charge on any atom is 0.390 e. The van der Waals surface area contributed by atoms with Crippen LogP contribution in [-0.4, -0.2) is 41.8 Å². The van der Waals surface area contributed by atoms with Crippen molar-refractivity contribution in [3.63, 3.8) is 0 Å². The molecule has 1 N–H and O–H groups in total. The summed E-state index contributed by atoms with van der Waals surface area (Å²) in [6.45, 7) is 5.84. The second-order valence-corrected chi connectivity index (χ2v) is 6.81. The number of hydrogen-bond donors (Lipinski definition) is 1. The minimum atomic E-state index is -4.05. The number of halogens is 3. The molecule has 1 spiro atoms. The minimum Gasteiger partial charge on any atom is -0.309 e. The van der Waals surface area contributed by atoms with E-state index in [1.165, 1.54) is 6.42 Å². The second-order valence-electron chi connectivity index (χ2n) is 6.81. The van der Waals surface area contributed by atoms with Crippen molar-refractivity contribution in [3.05, 3.63) is 0 Å². The fourth-order valence-electron chi connectivity index (χ4n) is 3.50. The largest absolute Gasteiger partial charge is 0.390 e. The maximum absolute atomic E-state index is 12.5. The van der Waals surface area contributed by atoms with E-state index in [-0.39, 0.29) is 17.6 Å². The fraction of sp³-hybridized carbons (Fsp3) is 1.00. The molecule has 2 rings (SSSR count). The van der Waals surface area contributed by atoms with E-state index >= 15 is 0 Å². The third kappa shape index (κ3) is 3.85. The van der Waals surface area contributed by atoms with Gasteiger partial charge in [-0.3, -0.25) is 4.90 Å². The zero-order valence-corrected chi connectivity index (χ0v) is 11.9. The van der Waals surface area contributed by atoms with Gasteiger partial charge in [-0.05, 0) is 26.7 Å². The first kappa shape index (κ1) is 15.1. The predicted octanol–water partition coefficient (Wildman–Crippen LogP) is 3.33. The van der Waals surface area contributed by atoms with Gasteiger partial charge in [-0.25, -0.2) is 0 Å². The summed E-state index contributed by atoms with van der Waals surface area (Å²) >= 11 is 0. The molecule has 0 aromatic rings. The topological polar surface area (TPSA) is 15.3 Å². The molecule has 2 aliphatic rings. The lowest BCUT2D eigenvalue weighted by atomic mass is 9.77. The lowest BCUT2D eigenvalue weighted by Gasteiger charge is -2.54. The van der Waals surface area contributed by atoms with Gasteiger partial charge in [-0.2, -0.15) is 13.2 Å². The molecule has 0 bridgehead atoms. The van der Waals surface area contributed by atoms with Crippen molar-refractivity contribution in [2.75, 3.05) is 19.6 Å². The second kappa shape index (κ2) is 5.24. The predicted molar refractivity (Wildman–Crippen MR) is 70.1 cm³/mol. The van der Waals surface area contributed by atoms with Gasteiger partial charge >= 0.3 is 6.18 Å². The summed E-state index contributed by atoms with van der Waals surface area (Å²) in [5.41, 5.74) is -0.118. The lowest BCUT2D eigenvalue weighted by molar-refractivity contribution is -0.145. The van der Waals surface area contributed by atoms with E-state index in [9.17, 15) is 13.2 Å². The van der Waals surface area contributed by atoms with Crippen molar-refractivity contribution in [1.29, 1.82) is 0 Å². The summed E-state index contributed by atoms with van der Waals surface area (Å²) in [7, 11) is 0. The fourth-order valence-corrected chi connectivity index (χ4v) is 3.50. The Morgan fingerprint density at radius 3 is 2.32 bits per heavy atom. The van der Waals surface area contributed by atoms with E-state index in [0.29, 0.717) is 6.54 Å². The molecule has 0 atom stereocenters. The number of piperazine rings is 1. The Labute approximate surface area is 113 Å². The van der Waals surface area contributed by atoms with E-state index < -0.39 is 12.6 Å². The Morgan fingerprint density at radius 2 is 1.74 bits per heavy atom. The molecule has 1 saturated heterocycles. The van der Waals surface area contributed by atoms with Gasteiger partial charge < -0.3 is 5.32 Å². The quantitative estimate of drug-likeness (QED) is 0.833. The number of hydrogen-bond acceptors (Lipinski definition) is 2. The molecule has 5 heteroatoms. The maximum atomic E-state index is 12.5. The van der Waals surface area contributed by atoms with Gasteiger partial charge in [0.15, 0.2) is 0 Å². The molecule has 1 aliphatic heterocycles. The summed E-state index contributed by atoms with van der Waals surface area (Å²) < 4.78 is 37.5. The third-order valence-electron chi connectivity index (χ3n) is 4.60. The summed E-state index contributed by atoms with van der Waals surface area (Å²) in [6.07, 6.45) is 0.838. The smallest absolute Gasteiger partial charge is 0.309 e. The highest BCUT2D eigenvalue weighted by Crippen LogP contribution is 2.37. The van der Waals surface area contributed by atoms with Gasteiger partial charge in [-0.15, -0.1) is 0 Å². The van der Waals surface area contributed by atoms with E-state index in [4.69, 9.17) is 0 Å². The summed E-state index contributed by atoms with van der Waals surface area (Å²) in [5.74, 6) is 0. The number of nitrogens with zero attached hydrogens (tertiary/aromatic N) is 1. The number of nitrogens with one attached hydrogen (secondary N) is 1. The van der Waals surface area contributed by atoms with Crippen LogP contribution in [-0.2, 0) is 0 Å². The number of rotatable bonds is 2. The molecule has 0 radical (unpaired) electrons. The highest BCUT2D eigenvalue weighted by atomic mass is 19.4. The average Bonchev–Trinajstić information content (AvgIpc) is 2.31. The van der Waals surface area contributed by atoms with E-state index in [1.54, 1.807) is 0 Å². The average molecular weight is 278 g/mol. The first-order valence-corrected chi connectivity index (χ1v) is 7.29.